The number of hydrogen-bond acceptors (Lipinski definition) is 7. The topological polar surface area (TPSA) is 81.8 Å². The quantitative estimate of drug-likeness (QED) is 0.102. The van der Waals surface area contributed by atoms with E-state index >= 15 is 0 Å². The molecule has 1 fully saturated rings. The van der Waals surface area contributed by atoms with E-state index in [4.69, 9.17) is 28.5 Å². The lowest BCUT2D eigenvalue weighted by Crippen LogP contribution is -2.43. The van der Waals surface area contributed by atoms with E-state index in [1.54, 1.807) is 0 Å². The summed E-state index contributed by atoms with van der Waals surface area (Å²) in [5.74, 6) is 0.889. The first-order chi connectivity index (χ1) is 21.2. The van der Waals surface area contributed by atoms with Gasteiger partial charge in [-0.3, -0.25) is 4.68 Å². The number of hydrogen-bond donors (Lipinski definition) is 0. The van der Waals surface area contributed by atoms with Crippen LogP contribution in [0.4, 0.5) is 0 Å². The van der Waals surface area contributed by atoms with E-state index in [0.29, 0.717) is 46.2 Å². The number of ether oxygens (including phenoxy) is 4. The third-order valence-corrected chi connectivity index (χ3v) is 12.9. The van der Waals surface area contributed by atoms with Crippen LogP contribution in [0.25, 0.3) is 22.2 Å². The molecule has 0 amide bonds. The lowest BCUT2D eigenvalue weighted by molar-refractivity contribution is -0.0365. The zero-order valence-corrected chi connectivity index (χ0v) is 28.0. The van der Waals surface area contributed by atoms with Crippen LogP contribution in [0.3, 0.4) is 0 Å². The predicted molar refractivity (Wildman–Crippen MR) is 175 cm³/mol. The van der Waals surface area contributed by atoms with Crippen molar-refractivity contribution in [2.45, 2.75) is 77.5 Å². The van der Waals surface area contributed by atoms with E-state index in [0.717, 1.165) is 59.3 Å². The molecule has 10 heteroatoms. The van der Waals surface area contributed by atoms with Crippen LogP contribution in [0, 0.1) is 0 Å². The Morgan fingerprint density at radius 1 is 0.932 bits per heavy atom. The smallest absolute Gasteiger partial charge is 0.250 e. The van der Waals surface area contributed by atoms with Crippen molar-refractivity contribution < 1.29 is 23.4 Å². The van der Waals surface area contributed by atoms with Gasteiger partial charge in [-0.25, -0.2) is 4.68 Å². The molecule has 0 saturated carbocycles. The molecule has 0 spiro atoms. The van der Waals surface area contributed by atoms with Crippen LogP contribution < -0.4 is 4.43 Å². The lowest BCUT2D eigenvalue weighted by Gasteiger charge is -2.36. The lowest BCUT2D eigenvalue weighted by atomic mass is 10.1. The number of nitrogens with zero attached hydrogens (tertiary/aromatic N) is 4. The van der Waals surface area contributed by atoms with Crippen LogP contribution in [0.5, 0.6) is 5.75 Å². The van der Waals surface area contributed by atoms with Crippen molar-refractivity contribution in [2.75, 3.05) is 39.6 Å². The number of rotatable bonds is 15. The molecular weight excluding hydrogens is 572 g/mol. The highest BCUT2D eigenvalue weighted by molar-refractivity contribution is 6.74. The van der Waals surface area contributed by atoms with E-state index in [1.165, 1.54) is 0 Å². The van der Waals surface area contributed by atoms with Gasteiger partial charge in [0, 0.05) is 23.8 Å². The summed E-state index contributed by atoms with van der Waals surface area (Å²) in [5.41, 5.74) is 4.08. The molecule has 238 valence electrons. The molecule has 44 heavy (non-hydrogen) atoms. The van der Waals surface area contributed by atoms with Crippen LogP contribution >= 0.6 is 0 Å². The van der Waals surface area contributed by atoms with Gasteiger partial charge in [-0.15, -0.1) is 0 Å². The van der Waals surface area contributed by atoms with Crippen LogP contribution in [-0.4, -0.2) is 67.5 Å². The Bertz CT molecular complexity index is 1460. The number of benzene rings is 2. The Hall–Kier alpha value is -3.02. The molecule has 1 aliphatic heterocycles. The summed E-state index contributed by atoms with van der Waals surface area (Å²) in [4.78, 5) is 0. The second kappa shape index (κ2) is 14.8. The molecule has 2 aromatic carbocycles. The van der Waals surface area contributed by atoms with Crippen molar-refractivity contribution >= 4 is 19.2 Å². The first kappa shape index (κ1) is 32.4. The van der Waals surface area contributed by atoms with Gasteiger partial charge in [0.2, 0.25) is 8.32 Å². The Morgan fingerprint density at radius 2 is 1.68 bits per heavy atom. The van der Waals surface area contributed by atoms with Crippen molar-refractivity contribution in [1.82, 2.24) is 19.6 Å². The Morgan fingerprint density at radius 3 is 2.41 bits per heavy atom. The van der Waals surface area contributed by atoms with Crippen molar-refractivity contribution in [3.63, 3.8) is 0 Å². The average molecular weight is 621 g/mol. The molecule has 3 heterocycles. The molecule has 0 aliphatic carbocycles. The van der Waals surface area contributed by atoms with Gasteiger partial charge >= 0.3 is 0 Å². The highest BCUT2D eigenvalue weighted by atomic mass is 28.4. The molecule has 1 unspecified atom stereocenters. The minimum atomic E-state index is -1.99. The normalized spacial score (nSPS) is 16.1. The van der Waals surface area contributed by atoms with Crippen LogP contribution in [0.1, 0.15) is 51.8 Å². The van der Waals surface area contributed by atoms with Crippen LogP contribution in [0.15, 0.2) is 60.9 Å². The fourth-order valence-corrected chi connectivity index (χ4v) is 5.97. The minimum absolute atomic E-state index is 0.0618. The van der Waals surface area contributed by atoms with Gasteiger partial charge in [0.15, 0.2) is 6.23 Å². The molecule has 1 atom stereocenters. The third-order valence-electron chi connectivity index (χ3n) is 8.51. The molecule has 4 aromatic rings. The maximum absolute atomic E-state index is 6.67. The largest absolute Gasteiger partial charge is 0.543 e. The summed E-state index contributed by atoms with van der Waals surface area (Å²) in [5, 5.41) is 10.9. The Kier molecular flexibility index (Phi) is 10.9. The molecule has 0 N–H and O–H groups in total. The summed E-state index contributed by atoms with van der Waals surface area (Å²) < 4.78 is 33.8. The number of aromatic nitrogens is 4. The zero-order valence-electron chi connectivity index (χ0n) is 27.0. The first-order valence-corrected chi connectivity index (χ1v) is 18.7. The molecule has 1 saturated heterocycles. The SMILES string of the molecule is CC(C)(C)[Si](C)(C)Oc1ccc2c(c1)c(-c1cnn(CCOCCOCCOCc3ccccc3)c1)nn2C1CCCCO1. The van der Waals surface area contributed by atoms with E-state index in [1.807, 2.05) is 40.0 Å². The number of fused-ring (bicyclic) bond motifs is 1. The van der Waals surface area contributed by atoms with Crippen molar-refractivity contribution in [3.05, 3.63) is 66.5 Å². The third kappa shape index (κ3) is 8.36. The van der Waals surface area contributed by atoms with Gasteiger partial charge in [-0.05, 0) is 61.2 Å². The van der Waals surface area contributed by atoms with Gasteiger partial charge in [0.05, 0.1) is 57.9 Å². The highest BCUT2D eigenvalue weighted by Gasteiger charge is 2.39. The second-order valence-corrected chi connectivity index (χ2v) is 17.6. The molecular formula is C34H48N4O5Si. The molecule has 9 nitrogen and oxygen atoms in total. The molecule has 5 rings (SSSR count). The molecule has 2 aromatic heterocycles. The summed E-state index contributed by atoms with van der Waals surface area (Å²) in [6.07, 6.45) is 7.05. The zero-order chi connectivity index (χ0) is 31.0. The first-order valence-electron chi connectivity index (χ1n) is 15.8. The average Bonchev–Trinajstić information content (AvgIpc) is 3.63. The summed E-state index contributed by atoms with van der Waals surface area (Å²) in [7, 11) is -1.99. The van der Waals surface area contributed by atoms with E-state index in [9.17, 15) is 0 Å². The van der Waals surface area contributed by atoms with Gasteiger partial charge in [-0.2, -0.15) is 10.2 Å². The summed E-state index contributed by atoms with van der Waals surface area (Å²) in [6, 6.07) is 16.5. The molecule has 0 bridgehead atoms. The maximum Gasteiger partial charge on any atom is 0.250 e. The van der Waals surface area contributed by atoms with E-state index < -0.39 is 8.32 Å². The Labute approximate surface area is 262 Å². The molecule has 1 aliphatic rings. The van der Waals surface area contributed by atoms with Crippen LogP contribution in [0.2, 0.25) is 18.1 Å². The van der Waals surface area contributed by atoms with Gasteiger partial charge < -0.3 is 23.4 Å². The van der Waals surface area contributed by atoms with E-state index in [2.05, 4.69) is 69.3 Å². The fourth-order valence-electron chi connectivity index (χ4n) is 4.95. The highest BCUT2D eigenvalue weighted by Crippen LogP contribution is 2.39. The maximum atomic E-state index is 6.67. The van der Waals surface area contributed by atoms with Gasteiger partial charge in [0.25, 0.3) is 0 Å². The van der Waals surface area contributed by atoms with Crippen molar-refractivity contribution in [2.24, 2.45) is 0 Å². The van der Waals surface area contributed by atoms with Gasteiger partial charge in [0.1, 0.15) is 11.4 Å². The second-order valence-electron chi connectivity index (χ2n) is 12.9. The Balaban J connectivity index is 1.16. The fraction of sp³-hybridized carbons (Fsp3) is 0.529. The van der Waals surface area contributed by atoms with Crippen molar-refractivity contribution in [3.8, 4) is 17.0 Å². The standard InChI is InChI=1S/C34H48N4O5Si/c1-34(2,3)44(4,5)43-29-14-15-31-30(23-29)33(36-38(31)32-13-9-10-17-42-32)28-24-35-37(25-28)16-18-39-19-20-40-21-22-41-26-27-11-7-6-8-12-27/h6-8,11-12,14-15,23-25,32H,9-10,13,16-22,26H2,1-5H3. The van der Waals surface area contributed by atoms with Crippen LogP contribution in [-0.2, 0) is 32.1 Å². The summed E-state index contributed by atoms with van der Waals surface area (Å²) >= 11 is 0. The minimum Gasteiger partial charge on any atom is -0.543 e. The van der Waals surface area contributed by atoms with Gasteiger partial charge in [-0.1, -0.05) is 51.1 Å². The predicted octanol–water partition coefficient (Wildman–Crippen LogP) is 7.23. The van der Waals surface area contributed by atoms with Crippen molar-refractivity contribution in [1.29, 1.82) is 0 Å². The monoisotopic (exact) mass is 620 g/mol. The summed E-state index contributed by atoms with van der Waals surface area (Å²) in [6.45, 7) is 16.1. The molecule has 0 radical (unpaired) electrons. The van der Waals surface area contributed by atoms with E-state index in [-0.39, 0.29) is 11.3 Å².